The zero-order valence-electron chi connectivity index (χ0n) is 12.0. The number of rotatable bonds is 3. The molecule has 0 fully saturated rings. The van der Waals surface area contributed by atoms with Crippen LogP contribution in [-0.4, -0.2) is 19.0 Å². The second kappa shape index (κ2) is 6.44. The van der Waals surface area contributed by atoms with Crippen LogP contribution in [0, 0.1) is 0 Å². The molecule has 0 amide bonds. The van der Waals surface area contributed by atoms with Gasteiger partial charge in [-0.1, -0.05) is 41.4 Å². The Balaban J connectivity index is 2.00. The van der Waals surface area contributed by atoms with Gasteiger partial charge in [-0.3, -0.25) is 0 Å². The zero-order valence-corrected chi connectivity index (χ0v) is 13.6. The Morgan fingerprint density at radius 3 is 2.70 bits per heavy atom. The van der Waals surface area contributed by atoms with Crippen LogP contribution in [0.15, 0.2) is 53.2 Å². The molecule has 4 nitrogen and oxygen atoms in total. The van der Waals surface area contributed by atoms with Gasteiger partial charge in [0.25, 0.3) is 0 Å². The van der Waals surface area contributed by atoms with Gasteiger partial charge in [-0.15, -0.1) is 0 Å². The molecule has 0 unspecified atom stereocenters. The molecule has 1 heterocycles. The lowest BCUT2D eigenvalue weighted by Gasteiger charge is -2.05. The van der Waals surface area contributed by atoms with E-state index in [0.717, 1.165) is 0 Å². The van der Waals surface area contributed by atoms with E-state index in [1.165, 1.54) is 0 Å². The summed E-state index contributed by atoms with van der Waals surface area (Å²) in [5, 5.41) is 0.947. The van der Waals surface area contributed by atoms with Crippen molar-refractivity contribution < 1.29 is 14.3 Å². The van der Waals surface area contributed by atoms with Crippen LogP contribution >= 0.6 is 23.2 Å². The van der Waals surface area contributed by atoms with E-state index in [-0.39, 0.29) is 11.6 Å². The molecule has 1 aliphatic heterocycles. The van der Waals surface area contributed by atoms with Crippen LogP contribution in [0.1, 0.15) is 11.1 Å². The molecule has 0 atom stereocenters. The fraction of sp³-hybridized carbons (Fsp3) is 0.0588. The average Bonchev–Trinajstić information content (AvgIpc) is 2.91. The minimum absolute atomic E-state index is 0.162. The fourth-order valence-electron chi connectivity index (χ4n) is 2.11. The van der Waals surface area contributed by atoms with E-state index in [0.29, 0.717) is 26.9 Å². The van der Waals surface area contributed by atoms with E-state index in [1.807, 2.05) is 12.1 Å². The molecule has 0 aliphatic carbocycles. The highest BCUT2D eigenvalue weighted by molar-refractivity contribution is 6.35. The van der Waals surface area contributed by atoms with Gasteiger partial charge < -0.3 is 9.47 Å². The molecule has 0 saturated heterocycles. The molecule has 116 valence electrons. The van der Waals surface area contributed by atoms with Crippen molar-refractivity contribution >= 4 is 41.1 Å². The number of nitrogens with zero attached hydrogens (tertiary/aromatic N) is 1. The maximum Gasteiger partial charge on any atom is 0.363 e. The number of carbonyl (C=O) groups is 1. The fourth-order valence-corrected chi connectivity index (χ4v) is 2.57. The number of carbonyl (C=O) groups excluding carboxylic acids is 1. The standard InChI is InChI=1S/C17H11Cl2NO3/c1-22-15-5-3-2-4-12(15)16-20-14(17(21)23-16)8-10-6-7-11(18)9-13(10)19/h2-9H,1H3/b14-8-. The molecule has 1 aliphatic rings. The van der Waals surface area contributed by atoms with Gasteiger partial charge in [-0.05, 0) is 35.9 Å². The Hall–Kier alpha value is -2.30. The summed E-state index contributed by atoms with van der Waals surface area (Å²) < 4.78 is 10.5. The third-order valence-corrected chi connectivity index (χ3v) is 3.78. The van der Waals surface area contributed by atoms with E-state index in [4.69, 9.17) is 32.7 Å². The molecule has 3 rings (SSSR count). The molecule has 0 saturated carbocycles. The molecule has 2 aromatic carbocycles. The number of aliphatic imine (C=N–C) groups is 1. The summed E-state index contributed by atoms with van der Waals surface area (Å²) in [6.07, 6.45) is 1.56. The van der Waals surface area contributed by atoms with E-state index in [2.05, 4.69) is 4.99 Å². The lowest BCUT2D eigenvalue weighted by Crippen LogP contribution is -2.06. The van der Waals surface area contributed by atoms with Gasteiger partial charge in [-0.2, -0.15) is 0 Å². The van der Waals surface area contributed by atoms with Crippen molar-refractivity contribution in [3.8, 4) is 5.75 Å². The number of para-hydroxylation sites is 1. The van der Waals surface area contributed by atoms with Crippen molar-refractivity contribution in [1.82, 2.24) is 0 Å². The number of methoxy groups -OCH3 is 1. The first-order valence-corrected chi connectivity index (χ1v) is 7.45. The lowest BCUT2D eigenvalue weighted by molar-refractivity contribution is -0.129. The highest BCUT2D eigenvalue weighted by Crippen LogP contribution is 2.27. The maximum absolute atomic E-state index is 12.0. The second-order valence-corrected chi connectivity index (χ2v) is 5.55. The summed E-state index contributed by atoms with van der Waals surface area (Å²) in [6.45, 7) is 0. The van der Waals surface area contributed by atoms with Crippen molar-refractivity contribution in [2.24, 2.45) is 4.99 Å². The number of hydrogen-bond acceptors (Lipinski definition) is 4. The van der Waals surface area contributed by atoms with Crippen LogP contribution in [0.2, 0.25) is 10.0 Å². The predicted octanol–water partition coefficient (Wildman–Crippen LogP) is 4.35. The van der Waals surface area contributed by atoms with Crippen molar-refractivity contribution in [3.05, 3.63) is 69.3 Å². The minimum Gasteiger partial charge on any atom is -0.496 e. The van der Waals surface area contributed by atoms with Gasteiger partial charge in [-0.25, -0.2) is 9.79 Å². The molecule has 6 heteroatoms. The van der Waals surface area contributed by atoms with Crippen molar-refractivity contribution in [1.29, 1.82) is 0 Å². The Morgan fingerprint density at radius 2 is 1.96 bits per heavy atom. The smallest absolute Gasteiger partial charge is 0.363 e. The Morgan fingerprint density at radius 1 is 1.17 bits per heavy atom. The highest BCUT2D eigenvalue weighted by Gasteiger charge is 2.26. The Labute approximate surface area is 143 Å². The molecule has 23 heavy (non-hydrogen) atoms. The normalized spacial score (nSPS) is 15.5. The third kappa shape index (κ3) is 3.23. The largest absolute Gasteiger partial charge is 0.496 e. The summed E-state index contributed by atoms with van der Waals surface area (Å²) in [4.78, 5) is 16.3. The number of halogens is 2. The third-order valence-electron chi connectivity index (χ3n) is 3.21. The molecular weight excluding hydrogens is 337 g/mol. The zero-order chi connectivity index (χ0) is 16.4. The summed E-state index contributed by atoms with van der Waals surface area (Å²) >= 11 is 12.0. The predicted molar refractivity (Wildman–Crippen MR) is 90.1 cm³/mol. The van der Waals surface area contributed by atoms with E-state index in [1.54, 1.807) is 43.5 Å². The van der Waals surface area contributed by atoms with Crippen molar-refractivity contribution in [2.75, 3.05) is 7.11 Å². The number of hydrogen-bond donors (Lipinski definition) is 0. The Bertz CT molecular complexity index is 843. The van der Waals surface area contributed by atoms with Crippen molar-refractivity contribution in [2.45, 2.75) is 0 Å². The minimum atomic E-state index is -0.545. The number of ether oxygens (including phenoxy) is 2. The molecule has 0 N–H and O–H groups in total. The molecule has 0 spiro atoms. The first-order chi connectivity index (χ1) is 11.1. The summed E-state index contributed by atoms with van der Waals surface area (Å²) in [5.74, 6) is 0.227. The van der Waals surface area contributed by atoms with Gasteiger partial charge in [0.1, 0.15) is 5.75 Å². The maximum atomic E-state index is 12.0. The summed E-state index contributed by atoms with van der Waals surface area (Å²) in [5.41, 5.74) is 1.40. The van der Waals surface area contributed by atoms with Gasteiger partial charge >= 0.3 is 5.97 Å². The molecule has 0 radical (unpaired) electrons. The monoisotopic (exact) mass is 347 g/mol. The van der Waals surface area contributed by atoms with E-state index < -0.39 is 5.97 Å². The van der Waals surface area contributed by atoms with Gasteiger partial charge in [0.2, 0.25) is 5.90 Å². The van der Waals surface area contributed by atoms with Crippen LogP contribution in [-0.2, 0) is 9.53 Å². The van der Waals surface area contributed by atoms with Crippen LogP contribution < -0.4 is 4.74 Å². The van der Waals surface area contributed by atoms with Gasteiger partial charge in [0.15, 0.2) is 5.70 Å². The van der Waals surface area contributed by atoms with Crippen LogP contribution in [0.25, 0.3) is 6.08 Å². The van der Waals surface area contributed by atoms with Crippen LogP contribution in [0.4, 0.5) is 0 Å². The molecule has 2 aromatic rings. The van der Waals surface area contributed by atoms with Crippen LogP contribution in [0.5, 0.6) is 5.75 Å². The molecular formula is C17H11Cl2NO3. The van der Waals surface area contributed by atoms with E-state index >= 15 is 0 Å². The van der Waals surface area contributed by atoms with E-state index in [9.17, 15) is 4.79 Å². The average molecular weight is 348 g/mol. The summed E-state index contributed by atoms with van der Waals surface area (Å²) in [7, 11) is 1.54. The highest BCUT2D eigenvalue weighted by atomic mass is 35.5. The number of benzene rings is 2. The Kier molecular flexibility index (Phi) is 4.37. The molecule has 0 bridgehead atoms. The lowest BCUT2D eigenvalue weighted by atomic mass is 10.2. The number of esters is 1. The quantitative estimate of drug-likeness (QED) is 0.612. The van der Waals surface area contributed by atoms with Crippen molar-refractivity contribution in [3.63, 3.8) is 0 Å². The first-order valence-electron chi connectivity index (χ1n) is 6.69. The van der Waals surface area contributed by atoms with Crippen LogP contribution in [0.3, 0.4) is 0 Å². The SMILES string of the molecule is COc1ccccc1C1=N/C(=C\c2ccc(Cl)cc2Cl)C(=O)O1. The van der Waals surface area contributed by atoms with Gasteiger partial charge in [0, 0.05) is 10.0 Å². The molecule has 0 aromatic heterocycles. The first kappa shape index (κ1) is 15.6. The summed E-state index contributed by atoms with van der Waals surface area (Å²) in [6, 6.07) is 12.2. The van der Waals surface area contributed by atoms with Gasteiger partial charge in [0.05, 0.1) is 12.7 Å². The number of cyclic esters (lactones) is 1. The second-order valence-electron chi connectivity index (χ2n) is 4.70. The topological polar surface area (TPSA) is 47.9 Å².